The topological polar surface area (TPSA) is 75.1 Å². The minimum Gasteiger partial charge on any atom is -0.480 e. The van der Waals surface area contributed by atoms with Gasteiger partial charge in [0.05, 0.1) is 5.39 Å². The second kappa shape index (κ2) is 7.61. The Kier molecular flexibility index (Phi) is 5.28. The summed E-state index contributed by atoms with van der Waals surface area (Å²) in [6.45, 7) is 3.88. The smallest absolute Gasteiger partial charge is 0.326 e. The maximum Gasteiger partial charge on any atom is 0.326 e. The van der Waals surface area contributed by atoms with Crippen LogP contribution < -0.4 is 5.32 Å². The summed E-state index contributed by atoms with van der Waals surface area (Å²) in [5.74, 6) is 0.386. The van der Waals surface area contributed by atoms with E-state index in [0.29, 0.717) is 18.1 Å². The van der Waals surface area contributed by atoms with Crippen molar-refractivity contribution in [3.05, 3.63) is 41.5 Å². The molecule has 0 spiro atoms. The molecule has 0 saturated heterocycles. The number of hydrogen-bond donors (Lipinski definition) is 2. The Hall–Kier alpha value is -2.47. The van der Waals surface area contributed by atoms with E-state index in [4.69, 9.17) is 0 Å². The van der Waals surface area contributed by atoms with Crippen molar-refractivity contribution in [3.63, 3.8) is 0 Å². The molecule has 0 aliphatic rings. The molecule has 0 bridgehead atoms. The number of benzene rings is 1. The van der Waals surface area contributed by atoms with Crippen LogP contribution in [-0.2, 0) is 4.79 Å². The van der Waals surface area contributed by atoms with E-state index in [-0.39, 0.29) is 0 Å². The Morgan fingerprint density at radius 1 is 1.28 bits per heavy atom. The summed E-state index contributed by atoms with van der Waals surface area (Å²) in [7, 11) is 0. The van der Waals surface area contributed by atoms with Crippen molar-refractivity contribution >= 4 is 33.3 Å². The SMILES string of the molecule is CCCCC(Nc1nc(C)nc2scc(-c3ccccc3)c12)C(=O)O. The highest BCUT2D eigenvalue weighted by Gasteiger charge is 2.21. The largest absolute Gasteiger partial charge is 0.480 e. The number of hydrogen-bond acceptors (Lipinski definition) is 5. The molecular formula is C19H21N3O2S. The minimum absolute atomic E-state index is 0.571. The molecule has 0 amide bonds. The van der Waals surface area contributed by atoms with Crippen LogP contribution in [0.25, 0.3) is 21.3 Å². The van der Waals surface area contributed by atoms with Crippen molar-refractivity contribution in [2.45, 2.75) is 39.2 Å². The van der Waals surface area contributed by atoms with Crippen LogP contribution in [-0.4, -0.2) is 27.1 Å². The Balaban J connectivity index is 2.07. The van der Waals surface area contributed by atoms with Gasteiger partial charge in [-0.3, -0.25) is 0 Å². The number of anilines is 1. The lowest BCUT2D eigenvalue weighted by Gasteiger charge is -2.16. The summed E-state index contributed by atoms with van der Waals surface area (Å²) in [5, 5.41) is 15.6. The fraction of sp³-hybridized carbons (Fsp3) is 0.316. The van der Waals surface area contributed by atoms with Crippen LogP contribution in [0.3, 0.4) is 0 Å². The number of thiophene rings is 1. The summed E-state index contributed by atoms with van der Waals surface area (Å²) < 4.78 is 0. The van der Waals surface area contributed by atoms with Crippen molar-refractivity contribution in [2.75, 3.05) is 5.32 Å². The molecule has 2 N–H and O–H groups in total. The lowest BCUT2D eigenvalue weighted by molar-refractivity contribution is -0.138. The van der Waals surface area contributed by atoms with E-state index in [1.165, 1.54) is 0 Å². The van der Waals surface area contributed by atoms with Crippen LogP contribution in [0, 0.1) is 6.92 Å². The van der Waals surface area contributed by atoms with Gasteiger partial charge in [-0.2, -0.15) is 0 Å². The van der Waals surface area contributed by atoms with Gasteiger partial charge >= 0.3 is 5.97 Å². The highest BCUT2D eigenvalue weighted by molar-refractivity contribution is 7.17. The molecule has 1 aromatic carbocycles. The van der Waals surface area contributed by atoms with Gasteiger partial charge in [-0.1, -0.05) is 50.1 Å². The molecule has 1 atom stereocenters. The molecule has 2 heterocycles. The Morgan fingerprint density at radius 3 is 2.72 bits per heavy atom. The van der Waals surface area contributed by atoms with Crippen molar-refractivity contribution < 1.29 is 9.90 Å². The number of carboxylic acid groups (broad SMARTS) is 1. The maximum absolute atomic E-state index is 11.6. The number of carboxylic acids is 1. The summed E-state index contributed by atoms with van der Waals surface area (Å²) in [6.07, 6.45) is 2.38. The van der Waals surface area contributed by atoms with Crippen molar-refractivity contribution in [2.24, 2.45) is 0 Å². The van der Waals surface area contributed by atoms with Crippen molar-refractivity contribution in [1.29, 1.82) is 0 Å². The van der Waals surface area contributed by atoms with Gasteiger partial charge in [-0.25, -0.2) is 14.8 Å². The van der Waals surface area contributed by atoms with E-state index < -0.39 is 12.0 Å². The number of aromatic nitrogens is 2. The minimum atomic E-state index is -0.852. The Bertz CT molecular complexity index is 877. The fourth-order valence-corrected chi connectivity index (χ4v) is 3.81. The van der Waals surface area contributed by atoms with E-state index in [9.17, 15) is 9.90 Å². The number of nitrogens with zero attached hydrogens (tertiary/aromatic N) is 2. The highest BCUT2D eigenvalue weighted by atomic mass is 32.1. The summed E-state index contributed by atoms with van der Waals surface area (Å²) in [6, 6.07) is 9.38. The van der Waals surface area contributed by atoms with Crippen LogP contribution in [0.4, 0.5) is 5.82 Å². The second-order valence-electron chi connectivity index (χ2n) is 5.99. The molecule has 130 valence electrons. The molecule has 2 aromatic heterocycles. The average Bonchev–Trinajstić information content (AvgIpc) is 3.02. The number of rotatable bonds is 7. The normalized spacial score (nSPS) is 12.2. The third kappa shape index (κ3) is 3.79. The van der Waals surface area contributed by atoms with Crippen molar-refractivity contribution in [1.82, 2.24) is 9.97 Å². The van der Waals surface area contributed by atoms with Gasteiger partial charge in [0.1, 0.15) is 22.5 Å². The number of aliphatic carboxylic acids is 1. The second-order valence-corrected chi connectivity index (χ2v) is 6.85. The molecule has 5 nitrogen and oxygen atoms in total. The third-order valence-corrected chi connectivity index (χ3v) is 4.96. The lowest BCUT2D eigenvalue weighted by Crippen LogP contribution is -2.29. The van der Waals surface area contributed by atoms with E-state index in [0.717, 1.165) is 34.2 Å². The van der Waals surface area contributed by atoms with Gasteiger partial charge < -0.3 is 10.4 Å². The molecule has 0 radical (unpaired) electrons. The molecular weight excluding hydrogens is 334 g/mol. The van der Waals surface area contributed by atoms with Gasteiger partial charge in [0, 0.05) is 10.9 Å². The van der Waals surface area contributed by atoms with E-state index >= 15 is 0 Å². The molecule has 3 aromatic rings. The Labute approximate surface area is 150 Å². The van der Waals surface area contributed by atoms with Crippen LogP contribution in [0.15, 0.2) is 35.7 Å². The first kappa shape index (κ1) is 17.4. The lowest BCUT2D eigenvalue weighted by atomic mass is 10.1. The predicted molar refractivity (Wildman–Crippen MR) is 102 cm³/mol. The predicted octanol–water partition coefficient (Wildman–Crippen LogP) is 4.72. The van der Waals surface area contributed by atoms with E-state index in [1.807, 2.05) is 37.3 Å². The molecule has 0 aliphatic heterocycles. The third-order valence-electron chi connectivity index (χ3n) is 4.09. The van der Waals surface area contributed by atoms with Crippen LogP contribution in [0.1, 0.15) is 32.0 Å². The number of nitrogens with one attached hydrogen (secondary N) is 1. The number of aryl methyl sites for hydroxylation is 1. The van der Waals surface area contributed by atoms with Gasteiger partial charge in [0.25, 0.3) is 0 Å². The number of unbranched alkanes of at least 4 members (excludes halogenated alkanes) is 1. The molecule has 1 unspecified atom stereocenters. The van der Waals surface area contributed by atoms with E-state index in [1.54, 1.807) is 11.3 Å². The molecule has 25 heavy (non-hydrogen) atoms. The zero-order valence-electron chi connectivity index (χ0n) is 14.3. The summed E-state index contributed by atoms with van der Waals surface area (Å²) >= 11 is 1.55. The van der Waals surface area contributed by atoms with E-state index in [2.05, 4.69) is 27.6 Å². The zero-order chi connectivity index (χ0) is 17.8. The molecule has 0 saturated carbocycles. The first-order valence-corrected chi connectivity index (χ1v) is 9.28. The summed E-state index contributed by atoms with van der Waals surface area (Å²) in [5.41, 5.74) is 2.10. The van der Waals surface area contributed by atoms with Crippen LogP contribution >= 0.6 is 11.3 Å². The number of carbonyl (C=O) groups is 1. The van der Waals surface area contributed by atoms with Crippen LogP contribution in [0.5, 0.6) is 0 Å². The maximum atomic E-state index is 11.6. The van der Waals surface area contributed by atoms with Gasteiger partial charge in [-0.15, -0.1) is 11.3 Å². The molecule has 3 rings (SSSR count). The van der Waals surface area contributed by atoms with Crippen LogP contribution in [0.2, 0.25) is 0 Å². The molecule has 0 fully saturated rings. The first-order chi connectivity index (χ1) is 12.1. The average molecular weight is 355 g/mol. The Morgan fingerprint density at radius 2 is 2.04 bits per heavy atom. The monoisotopic (exact) mass is 355 g/mol. The van der Waals surface area contributed by atoms with Gasteiger partial charge in [0.2, 0.25) is 0 Å². The zero-order valence-corrected chi connectivity index (χ0v) is 15.1. The van der Waals surface area contributed by atoms with Gasteiger partial charge in [-0.05, 0) is 18.9 Å². The molecule has 0 aliphatic carbocycles. The van der Waals surface area contributed by atoms with Crippen molar-refractivity contribution in [3.8, 4) is 11.1 Å². The standard InChI is InChI=1S/C19H21N3O2S/c1-3-4-10-15(19(23)24)22-17-16-14(13-8-6-5-7-9-13)11-25-18(16)21-12(2)20-17/h5-9,11,15H,3-4,10H2,1-2H3,(H,23,24)(H,20,21,22). The quantitative estimate of drug-likeness (QED) is 0.641. The van der Waals surface area contributed by atoms with Gasteiger partial charge in [0.15, 0.2) is 0 Å². The first-order valence-electron chi connectivity index (χ1n) is 8.40. The fourth-order valence-electron chi connectivity index (χ4n) is 2.81. The highest BCUT2D eigenvalue weighted by Crippen LogP contribution is 2.37. The number of fused-ring (bicyclic) bond motifs is 1. The summed E-state index contributed by atoms with van der Waals surface area (Å²) in [4.78, 5) is 21.5. The molecule has 6 heteroatoms.